The van der Waals surface area contributed by atoms with Gasteiger partial charge >= 0.3 is 27.3 Å². The zero-order chi connectivity index (χ0) is 21.9. The van der Waals surface area contributed by atoms with E-state index in [2.05, 4.69) is 20.6 Å². The number of carboxylic acids is 2. The smallest absolute Gasteiger partial charge is 0.550 e. The molecule has 12 heteroatoms. The summed E-state index contributed by atoms with van der Waals surface area (Å²) in [6.45, 7) is 4.89. The van der Waals surface area contributed by atoms with Crippen LogP contribution in [0.4, 0.5) is 11.4 Å². The van der Waals surface area contributed by atoms with E-state index in [1.54, 1.807) is 49.1 Å². The molecule has 2 amide bonds. The first-order chi connectivity index (χ1) is 13.0. The van der Waals surface area contributed by atoms with Gasteiger partial charge < -0.3 is 35.9 Å². The Hall–Kier alpha value is -2.94. The number of aliphatic carboxylic acids is 2. The van der Waals surface area contributed by atoms with Gasteiger partial charge in [0.15, 0.2) is 0 Å². The number of carbonyl (C=O) groups is 4. The largest absolute Gasteiger partial charge is 2.00 e. The number of hydrogen-bond acceptors (Lipinski definition) is 8. The number of carboxylic acid groups (broad SMARTS) is 2. The van der Waals surface area contributed by atoms with E-state index in [1.807, 2.05) is 0 Å². The van der Waals surface area contributed by atoms with E-state index in [-0.39, 0.29) is 44.6 Å². The Balaban J connectivity index is -0.000000160. The third-order valence-electron chi connectivity index (χ3n) is 2.00. The zero-order valence-electron chi connectivity index (χ0n) is 17.2. The van der Waals surface area contributed by atoms with Gasteiger partial charge in [0.2, 0.25) is 11.8 Å². The van der Waals surface area contributed by atoms with Crippen molar-refractivity contribution in [2.24, 2.45) is 0 Å². The Bertz CT molecular complexity index is 660. The molecule has 0 aliphatic heterocycles. The van der Waals surface area contributed by atoms with Gasteiger partial charge in [-0.15, -0.1) is 0 Å². The van der Waals surface area contributed by atoms with Gasteiger partial charge in [-0.25, -0.2) is 0 Å². The number of nitrogens with zero attached hydrogens (tertiary/aromatic N) is 2. The quantitative estimate of drug-likeness (QED) is 0.357. The fourth-order valence-electron chi connectivity index (χ4n) is 1.28. The Morgan fingerprint density at radius 3 is 1.03 bits per heavy atom. The number of pyridine rings is 2. The molecule has 0 saturated heterocycles. The van der Waals surface area contributed by atoms with Crippen molar-refractivity contribution >= 4 is 35.1 Å². The minimum absolute atomic E-state index is 0. The maximum absolute atomic E-state index is 10.5. The van der Waals surface area contributed by atoms with E-state index in [4.69, 9.17) is 19.8 Å². The van der Waals surface area contributed by atoms with Crippen LogP contribution in [0.25, 0.3) is 0 Å². The molecule has 5 N–H and O–H groups in total. The van der Waals surface area contributed by atoms with E-state index in [0.717, 1.165) is 25.2 Å². The van der Waals surface area contributed by atoms with Crippen LogP contribution in [0.3, 0.4) is 0 Å². The van der Waals surface area contributed by atoms with Gasteiger partial charge in [0.1, 0.15) is 0 Å². The summed E-state index contributed by atoms with van der Waals surface area (Å²) in [6, 6.07) is 6.95. The van der Waals surface area contributed by atoms with Gasteiger partial charge in [0.05, 0.1) is 0 Å². The van der Waals surface area contributed by atoms with Gasteiger partial charge in [0.25, 0.3) is 0 Å². The van der Waals surface area contributed by atoms with Crippen molar-refractivity contribution in [3.8, 4) is 0 Å². The normalized spacial score (nSPS) is 7.60. The Kier molecular flexibility index (Phi) is 25.8. The topological polar surface area (TPSA) is 197 Å². The Morgan fingerprint density at radius 2 is 0.867 bits per heavy atom. The van der Waals surface area contributed by atoms with Crippen molar-refractivity contribution in [3.05, 3.63) is 49.1 Å². The Labute approximate surface area is 194 Å². The van der Waals surface area contributed by atoms with Crippen LogP contribution < -0.4 is 20.8 Å². The number of carbonyl (C=O) groups excluding carboxylic acids is 4. The molecule has 0 radical (unpaired) electrons. The van der Waals surface area contributed by atoms with Crippen LogP contribution in [-0.4, -0.2) is 33.7 Å². The number of amides is 2. The standard InChI is InChI=1S/2C7H8N2O.2C2H4O2.Cd.H2O/c2*1-6(10)9-7-2-4-8-5-3-7;2*1-2(3)4;;/h2*2-5H,1H3,(H,8,9,10);2*1H3,(H,3,4);;1H2/q;;;;+2;/p-1. The first kappa shape index (κ1) is 34.6. The fraction of sp³-hybridized carbons (Fsp3) is 0.222. The maximum Gasteiger partial charge on any atom is 2.00 e. The molecule has 0 aliphatic rings. The van der Waals surface area contributed by atoms with Crippen LogP contribution in [-0.2, 0) is 52.0 Å². The fourth-order valence-corrected chi connectivity index (χ4v) is 1.28. The summed E-state index contributed by atoms with van der Waals surface area (Å²) >= 11 is 0. The minimum atomic E-state index is -1.08. The van der Waals surface area contributed by atoms with Crippen LogP contribution >= 0.6 is 0 Å². The summed E-state index contributed by atoms with van der Waals surface area (Å²) in [7, 11) is 0. The molecule has 2 aromatic rings. The van der Waals surface area contributed by atoms with E-state index in [1.165, 1.54) is 13.8 Å². The monoisotopic (exact) mass is 523 g/mol. The molecule has 0 saturated carbocycles. The van der Waals surface area contributed by atoms with Crippen LogP contribution in [0.15, 0.2) is 49.1 Å². The van der Waals surface area contributed by atoms with Crippen LogP contribution in [0.2, 0.25) is 0 Å². The molecule has 0 unspecified atom stereocenters. The maximum atomic E-state index is 10.5. The third-order valence-corrected chi connectivity index (χ3v) is 2.00. The van der Waals surface area contributed by atoms with Crippen molar-refractivity contribution in [1.82, 2.24) is 9.97 Å². The number of anilines is 2. The third kappa shape index (κ3) is 32.7. The summed E-state index contributed by atoms with van der Waals surface area (Å²) in [4.78, 5) is 46.3. The molecule has 2 rings (SSSR count). The average molecular weight is 522 g/mol. The van der Waals surface area contributed by atoms with E-state index in [0.29, 0.717) is 0 Å². The van der Waals surface area contributed by atoms with Crippen molar-refractivity contribution in [1.29, 1.82) is 0 Å². The molecular formula is C18H25CdN4O7+. The van der Waals surface area contributed by atoms with Crippen molar-refractivity contribution in [2.45, 2.75) is 27.7 Å². The van der Waals surface area contributed by atoms with Crippen LogP contribution in [0.5, 0.6) is 0 Å². The predicted octanol–water partition coefficient (Wildman–Crippen LogP) is -1.33. The van der Waals surface area contributed by atoms with Crippen molar-refractivity contribution in [2.75, 3.05) is 10.6 Å². The minimum Gasteiger partial charge on any atom is -0.550 e. The summed E-state index contributed by atoms with van der Waals surface area (Å²) < 4.78 is 0. The molecule has 2 aromatic heterocycles. The second kappa shape index (κ2) is 22.4. The first-order valence-electron chi connectivity index (χ1n) is 7.75. The molecule has 2 heterocycles. The second-order valence-corrected chi connectivity index (χ2v) is 4.82. The molecule has 0 spiro atoms. The van der Waals surface area contributed by atoms with Gasteiger partial charge in [-0.3, -0.25) is 19.6 Å². The summed E-state index contributed by atoms with van der Waals surface area (Å²) in [5.74, 6) is -2.29. The summed E-state index contributed by atoms with van der Waals surface area (Å²) in [6.07, 6.45) is 6.52. The molecule has 160 valence electrons. The summed E-state index contributed by atoms with van der Waals surface area (Å²) in [5, 5.41) is 23.0. The molecule has 0 aliphatic carbocycles. The number of rotatable bonds is 2. The molecule has 0 atom stereocenters. The number of hydrogen-bond donors (Lipinski definition) is 2. The van der Waals surface area contributed by atoms with Gasteiger partial charge in [-0.1, -0.05) is 0 Å². The zero-order valence-corrected chi connectivity index (χ0v) is 21.3. The van der Waals surface area contributed by atoms with E-state index < -0.39 is 11.9 Å². The van der Waals surface area contributed by atoms with Gasteiger partial charge in [-0.05, 0) is 38.1 Å². The molecular weight excluding hydrogens is 497 g/mol. The predicted molar refractivity (Wildman–Crippen MR) is 103 cm³/mol. The second-order valence-electron chi connectivity index (χ2n) is 4.82. The van der Waals surface area contributed by atoms with Crippen molar-refractivity contribution in [3.63, 3.8) is 0 Å². The van der Waals surface area contributed by atoms with E-state index >= 15 is 0 Å². The molecule has 0 fully saturated rings. The SMILES string of the molecule is CC(=O)Nc1ccncc1.CC(=O)Nc1ccncc1.CC(=O)[O-].CC(=O)[O-].[Cd+2].[OH3+]. The molecule has 0 aromatic carbocycles. The van der Waals surface area contributed by atoms with Gasteiger partial charge in [-0.2, -0.15) is 0 Å². The van der Waals surface area contributed by atoms with Crippen LogP contribution in [0, 0.1) is 0 Å². The van der Waals surface area contributed by atoms with Gasteiger partial charge in [0, 0.05) is 61.9 Å². The Morgan fingerprint density at radius 1 is 0.667 bits per heavy atom. The summed E-state index contributed by atoms with van der Waals surface area (Å²) in [5.41, 5.74) is 1.56. The van der Waals surface area contributed by atoms with Crippen molar-refractivity contribution < 1.29 is 62.2 Å². The van der Waals surface area contributed by atoms with Crippen LogP contribution in [0.1, 0.15) is 27.7 Å². The molecule has 30 heavy (non-hydrogen) atoms. The molecule has 11 nitrogen and oxygen atoms in total. The number of nitrogens with one attached hydrogen (secondary N) is 2. The number of aromatic nitrogens is 2. The molecule has 0 bridgehead atoms. The van der Waals surface area contributed by atoms with E-state index in [9.17, 15) is 9.59 Å². The average Bonchev–Trinajstić information content (AvgIpc) is 2.55. The first-order valence-corrected chi connectivity index (χ1v) is 7.75.